The van der Waals surface area contributed by atoms with Crippen LogP contribution in [0.2, 0.25) is 0 Å². The van der Waals surface area contributed by atoms with Crippen LogP contribution in [0.15, 0.2) is 53.3 Å². The summed E-state index contributed by atoms with van der Waals surface area (Å²) in [5.74, 6) is 0.641. The van der Waals surface area contributed by atoms with E-state index < -0.39 is 0 Å². The van der Waals surface area contributed by atoms with Crippen molar-refractivity contribution in [3.05, 3.63) is 77.3 Å². The van der Waals surface area contributed by atoms with Crippen molar-refractivity contribution >= 4 is 5.91 Å². The lowest BCUT2D eigenvalue weighted by atomic mass is 10.2. The van der Waals surface area contributed by atoms with Crippen molar-refractivity contribution in [3.63, 3.8) is 0 Å². The van der Waals surface area contributed by atoms with Gasteiger partial charge in [0.2, 0.25) is 0 Å². The molecule has 0 atom stereocenters. The fraction of sp³-hybridized carbons (Fsp3) is 0.222. The van der Waals surface area contributed by atoms with Crippen molar-refractivity contribution in [2.24, 2.45) is 0 Å². The Balaban J connectivity index is 1.75. The molecule has 0 saturated carbocycles. The minimum atomic E-state index is -0.0956. The largest absolute Gasteiger partial charge is 0.467 e. The summed E-state index contributed by atoms with van der Waals surface area (Å²) in [6, 6.07) is 11.4. The molecular weight excluding hydrogens is 290 g/mol. The Labute approximate surface area is 135 Å². The molecule has 3 aromatic heterocycles. The van der Waals surface area contributed by atoms with Crippen LogP contribution in [-0.2, 0) is 13.1 Å². The number of carbonyl (C=O) groups excluding carboxylic acids is 1. The number of nitrogens with one attached hydrogen (secondary N) is 1. The molecule has 3 heterocycles. The molecule has 0 aliphatic carbocycles. The Morgan fingerprint density at radius 2 is 2.13 bits per heavy atom. The van der Waals surface area contributed by atoms with Gasteiger partial charge in [0.1, 0.15) is 5.76 Å². The van der Waals surface area contributed by atoms with Crippen molar-refractivity contribution in [1.82, 2.24) is 14.9 Å². The van der Waals surface area contributed by atoms with Gasteiger partial charge in [0.15, 0.2) is 0 Å². The molecule has 3 aromatic rings. The standard InChI is InChI=1S/C18H19N3O2/c1-13-10-17(18(22)20-11-16-7-5-9-23-16)14(2)21(13)12-15-6-3-4-8-19-15/h3-10H,11-12H2,1-2H3,(H,20,22). The number of amides is 1. The smallest absolute Gasteiger partial charge is 0.253 e. The van der Waals surface area contributed by atoms with E-state index in [4.69, 9.17) is 4.42 Å². The molecule has 0 aliphatic heterocycles. The summed E-state index contributed by atoms with van der Waals surface area (Å²) in [4.78, 5) is 16.7. The fourth-order valence-electron chi connectivity index (χ4n) is 2.60. The maximum atomic E-state index is 12.4. The molecule has 0 spiro atoms. The predicted octanol–water partition coefficient (Wildman–Crippen LogP) is 3.07. The Morgan fingerprint density at radius 1 is 1.26 bits per heavy atom. The molecule has 1 amide bonds. The van der Waals surface area contributed by atoms with Crippen LogP contribution in [0.4, 0.5) is 0 Å². The highest BCUT2D eigenvalue weighted by Gasteiger charge is 2.16. The normalized spacial score (nSPS) is 10.7. The van der Waals surface area contributed by atoms with E-state index in [9.17, 15) is 4.79 Å². The average molecular weight is 309 g/mol. The van der Waals surface area contributed by atoms with Crippen molar-refractivity contribution in [3.8, 4) is 0 Å². The van der Waals surface area contributed by atoms with Gasteiger partial charge in [0.05, 0.1) is 30.6 Å². The Hall–Kier alpha value is -2.82. The molecule has 23 heavy (non-hydrogen) atoms. The summed E-state index contributed by atoms with van der Waals surface area (Å²) in [6.07, 6.45) is 3.38. The number of aromatic nitrogens is 2. The van der Waals surface area contributed by atoms with Crippen LogP contribution < -0.4 is 5.32 Å². The van der Waals surface area contributed by atoms with Gasteiger partial charge in [0, 0.05) is 17.6 Å². The zero-order chi connectivity index (χ0) is 16.2. The van der Waals surface area contributed by atoms with Crippen LogP contribution in [0.5, 0.6) is 0 Å². The molecule has 0 unspecified atom stereocenters. The van der Waals surface area contributed by atoms with Crippen molar-refractivity contribution in [1.29, 1.82) is 0 Å². The number of nitrogens with zero attached hydrogens (tertiary/aromatic N) is 2. The first-order valence-electron chi connectivity index (χ1n) is 7.52. The van der Waals surface area contributed by atoms with Crippen LogP contribution in [0.1, 0.15) is 33.2 Å². The van der Waals surface area contributed by atoms with E-state index in [0.29, 0.717) is 18.7 Å². The van der Waals surface area contributed by atoms with Crippen molar-refractivity contribution < 1.29 is 9.21 Å². The lowest BCUT2D eigenvalue weighted by molar-refractivity contribution is 0.0947. The minimum Gasteiger partial charge on any atom is -0.467 e. The zero-order valence-corrected chi connectivity index (χ0v) is 13.2. The van der Waals surface area contributed by atoms with Gasteiger partial charge in [-0.3, -0.25) is 9.78 Å². The number of hydrogen-bond donors (Lipinski definition) is 1. The highest BCUT2D eigenvalue weighted by atomic mass is 16.3. The van der Waals surface area contributed by atoms with Gasteiger partial charge in [-0.25, -0.2) is 0 Å². The third kappa shape index (κ3) is 3.34. The number of rotatable bonds is 5. The van der Waals surface area contributed by atoms with E-state index >= 15 is 0 Å². The van der Waals surface area contributed by atoms with E-state index in [1.807, 2.05) is 44.2 Å². The van der Waals surface area contributed by atoms with E-state index in [2.05, 4.69) is 14.9 Å². The predicted molar refractivity (Wildman–Crippen MR) is 87.1 cm³/mol. The lowest BCUT2D eigenvalue weighted by Crippen LogP contribution is -2.23. The Morgan fingerprint density at radius 3 is 2.83 bits per heavy atom. The molecule has 3 rings (SSSR count). The van der Waals surface area contributed by atoms with E-state index in [-0.39, 0.29) is 5.91 Å². The average Bonchev–Trinajstić information content (AvgIpc) is 3.17. The summed E-state index contributed by atoms with van der Waals surface area (Å²) in [5, 5.41) is 2.88. The van der Waals surface area contributed by atoms with Crippen LogP contribution in [-0.4, -0.2) is 15.5 Å². The van der Waals surface area contributed by atoms with E-state index in [0.717, 1.165) is 22.8 Å². The van der Waals surface area contributed by atoms with Crippen molar-refractivity contribution in [2.45, 2.75) is 26.9 Å². The number of aryl methyl sites for hydroxylation is 1. The number of carbonyl (C=O) groups is 1. The summed E-state index contributed by atoms with van der Waals surface area (Å²) in [7, 11) is 0. The van der Waals surface area contributed by atoms with E-state index in [1.165, 1.54) is 0 Å². The molecule has 0 bridgehead atoms. The molecule has 5 heteroatoms. The summed E-state index contributed by atoms with van der Waals surface area (Å²) >= 11 is 0. The molecule has 0 aliphatic rings. The van der Waals surface area contributed by atoms with Gasteiger partial charge in [-0.1, -0.05) is 6.07 Å². The quantitative estimate of drug-likeness (QED) is 0.788. The molecule has 1 N–H and O–H groups in total. The highest BCUT2D eigenvalue weighted by Crippen LogP contribution is 2.16. The number of furan rings is 1. The SMILES string of the molecule is Cc1cc(C(=O)NCc2ccco2)c(C)n1Cc1ccccn1. The second-order valence-corrected chi connectivity index (χ2v) is 5.45. The first kappa shape index (κ1) is 15.1. The molecule has 0 saturated heterocycles. The molecule has 0 fully saturated rings. The van der Waals surface area contributed by atoms with Gasteiger partial charge in [-0.2, -0.15) is 0 Å². The first-order valence-corrected chi connectivity index (χ1v) is 7.52. The van der Waals surface area contributed by atoms with Crippen molar-refractivity contribution in [2.75, 3.05) is 0 Å². The molecule has 0 aromatic carbocycles. The van der Waals surface area contributed by atoms with E-state index in [1.54, 1.807) is 18.5 Å². The topological polar surface area (TPSA) is 60.1 Å². The summed E-state index contributed by atoms with van der Waals surface area (Å²) in [5.41, 5.74) is 3.63. The van der Waals surface area contributed by atoms with Gasteiger partial charge in [-0.15, -0.1) is 0 Å². The van der Waals surface area contributed by atoms with Crippen LogP contribution in [0, 0.1) is 13.8 Å². The third-order valence-electron chi connectivity index (χ3n) is 3.87. The van der Waals surface area contributed by atoms with Gasteiger partial charge >= 0.3 is 0 Å². The number of hydrogen-bond acceptors (Lipinski definition) is 3. The Bertz CT molecular complexity index is 789. The van der Waals surface area contributed by atoms with Gasteiger partial charge < -0.3 is 14.3 Å². The van der Waals surface area contributed by atoms with Crippen LogP contribution in [0.3, 0.4) is 0 Å². The maximum absolute atomic E-state index is 12.4. The Kier molecular flexibility index (Phi) is 4.28. The molecular formula is C18H19N3O2. The van der Waals surface area contributed by atoms with Gasteiger partial charge in [0.25, 0.3) is 5.91 Å². The monoisotopic (exact) mass is 309 g/mol. The van der Waals surface area contributed by atoms with Gasteiger partial charge in [-0.05, 0) is 44.2 Å². The zero-order valence-electron chi connectivity index (χ0n) is 13.2. The molecule has 0 radical (unpaired) electrons. The summed E-state index contributed by atoms with van der Waals surface area (Å²) in [6.45, 7) is 5.00. The van der Waals surface area contributed by atoms with Crippen LogP contribution >= 0.6 is 0 Å². The summed E-state index contributed by atoms with van der Waals surface area (Å²) < 4.78 is 7.33. The first-order chi connectivity index (χ1) is 11.1. The second-order valence-electron chi connectivity index (χ2n) is 5.45. The fourth-order valence-corrected chi connectivity index (χ4v) is 2.60. The van der Waals surface area contributed by atoms with Crippen LogP contribution in [0.25, 0.3) is 0 Å². The molecule has 5 nitrogen and oxygen atoms in total. The maximum Gasteiger partial charge on any atom is 0.253 e. The third-order valence-corrected chi connectivity index (χ3v) is 3.87. The lowest BCUT2D eigenvalue weighted by Gasteiger charge is -2.09. The number of pyridine rings is 1. The molecule has 118 valence electrons. The highest BCUT2D eigenvalue weighted by molar-refractivity contribution is 5.95. The second kappa shape index (κ2) is 6.52. The minimum absolute atomic E-state index is 0.0956.